The van der Waals surface area contributed by atoms with E-state index in [9.17, 15) is 14.4 Å². The summed E-state index contributed by atoms with van der Waals surface area (Å²) in [7, 11) is 0. The minimum Gasteiger partial charge on any atom is -0.462 e. The Balaban J connectivity index is 4.17. The molecule has 6 nitrogen and oxygen atoms in total. The van der Waals surface area contributed by atoms with Gasteiger partial charge in [0.1, 0.15) is 13.2 Å². The Morgan fingerprint density at radius 2 is 0.439 bits per heavy atom. The zero-order valence-corrected chi connectivity index (χ0v) is 55.8. The lowest BCUT2D eigenvalue weighted by molar-refractivity contribution is -0.167. The van der Waals surface area contributed by atoms with Crippen LogP contribution >= 0.6 is 0 Å². The lowest BCUT2D eigenvalue weighted by Gasteiger charge is -2.18. The van der Waals surface area contributed by atoms with Gasteiger partial charge in [0.2, 0.25) is 0 Å². The Morgan fingerprint density at radius 3 is 0.695 bits per heavy atom. The number of carbonyl (C=O) groups excluding carboxylic acids is 3. The van der Waals surface area contributed by atoms with Gasteiger partial charge in [0.15, 0.2) is 6.10 Å². The highest BCUT2D eigenvalue weighted by atomic mass is 16.6. The van der Waals surface area contributed by atoms with Crippen LogP contribution in [0.5, 0.6) is 0 Å². The van der Waals surface area contributed by atoms with Crippen LogP contribution in [0.2, 0.25) is 0 Å². The van der Waals surface area contributed by atoms with Crippen molar-refractivity contribution in [2.45, 2.75) is 431 Å². The fourth-order valence-electron chi connectivity index (χ4n) is 11.6. The molecule has 0 aliphatic carbocycles. The molecule has 1 unspecified atom stereocenters. The SMILES string of the molecule is CCCCC/C=C\C/C=C\CCCCCCCCCCCC(=O)OC(COC(=O)CCCCCCCCCCCCCCCCC)COC(=O)CCCCCCCCCCCCCCCCCCCCCCCCCCCCCCCC. The third-order valence-electron chi connectivity index (χ3n) is 17.2. The Labute approximate surface area is 513 Å². The van der Waals surface area contributed by atoms with Gasteiger partial charge in [-0.3, -0.25) is 14.4 Å². The van der Waals surface area contributed by atoms with E-state index in [1.165, 1.54) is 321 Å². The number of rotatable bonds is 70. The molecule has 0 heterocycles. The van der Waals surface area contributed by atoms with Gasteiger partial charge < -0.3 is 14.2 Å². The van der Waals surface area contributed by atoms with Crippen LogP contribution < -0.4 is 0 Å². The zero-order valence-electron chi connectivity index (χ0n) is 55.8. The molecule has 6 heteroatoms. The average Bonchev–Trinajstić information content (AvgIpc) is 3.47. The molecular formula is C76H144O6. The predicted octanol–water partition coefficient (Wildman–Crippen LogP) is 25.7. The smallest absolute Gasteiger partial charge is 0.306 e. The highest BCUT2D eigenvalue weighted by Gasteiger charge is 2.20. The number of allylic oxidation sites excluding steroid dienone is 4. The molecule has 0 rings (SSSR count). The van der Waals surface area contributed by atoms with Crippen molar-refractivity contribution in [1.82, 2.24) is 0 Å². The molecule has 0 aliphatic rings. The molecule has 0 aromatic heterocycles. The van der Waals surface area contributed by atoms with Gasteiger partial charge in [-0.05, 0) is 51.4 Å². The quantitative estimate of drug-likeness (QED) is 0.0261. The molecule has 0 saturated carbocycles. The van der Waals surface area contributed by atoms with E-state index in [0.29, 0.717) is 19.3 Å². The number of ether oxygens (including phenoxy) is 3. The number of esters is 3. The molecule has 1 atom stereocenters. The van der Waals surface area contributed by atoms with Crippen LogP contribution in [-0.2, 0) is 28.6 Å². The maximum Gasteiger partial charge on any atom is 0.306 e. The van der Waals surface area contributed by atoms with Crippen molar-refractivity contribution in [3.05, 3.63) is 24.3 Å². The van der Waals surface area contributed by atoms with Gasteiger partial charge in [-0.25, -0.2) is 0 Å². The molecule has 0 N–H and O–H groups in total. The summed E-state index contributed by atoms with van der Waals surface area (Å²) >= 11 is 0. The van der Waals surface area contributed by atoms with Gasteiger partial charge in [-0.1, -0.05) is 379 Å². The van der Waals surface area contributed by atoms with Crippen LogP contribution in [-0.4, -0.2) is 37.2 Å². The highest BCUT2D eigenvalue weighted by molar-refractivity contribution is 5.71. The summed E-state index contributed by atoms with van der Waals surface area (Å²) in [6, 6.07) is 0. The van der Waals surface area contributed by atoms with Crippen molar-refractivity contribution >= 4 is 17.9 Å². The third-order valence-corrected chi connectivity index (χ3v) is 17.2. The van der Waals surface area contributed by atoms with E-state index < -0.39 is 6.10 Å². The Morgan fingerprint density at radius 1 is 0.244 bits per heavy atom. The lowest BCUT2D eigenvalue weighted by Crippen LogP contribution is -2.30. The van der Waals surface area contributed by atoms with Gasteiger partial charge in [-0.15, -0.1) is 0 Å². The van der Waals surface area contributed by atoms with Gasteiger partial charge in [-0.2, -0.15) is 0 Å². The summed E-state index contributed by atoms with van der Waals surface area (Å²) in [4.78, 5) is 38.5. The molecular weight excluding hydrogens is 1010 g/mol. The number of hydrogen-bond donors (Lipinski definition) is 0. The number of unbranched alkanes of at least 4 members (excludes halogenated alkanes) is 55. The number of carbonyl (C=O) groups is 3. The van der Waals surface area contributed by atoms with Crippen LogP contribution in [0.4, 0.5) is 0 Å². The van der Waals surface area contributed by atoms with Gasteiger partial charge >= 0.3 is 17.9 Å². The predicted molar refractivity (Wildman–Crippen MR) is 358 cm³/mol. The summed E-state index contributed by atoms with van der Waals surface area (Å²) in [6.07, 6.45) is 88.0. The largest absolute Gasteiger partial charge is 0.462 e. The standard InChI is InChI=1S/C76H144O6/c1-4-7-10-13-16-19-22-25-28-30-32-33-34-35-36-37-38-39-40-41-42-44-45-48-51-54-57-60-63-66-69-75(78)81-72-73(71-80-74(77)68-65-62-59-56-53-50-47-27-24-21-18-15-12-9-6-3)82-76(79)70-67-64-61-58-55-52-49-46-43-31-29-26-23-20-17-14-11-8-5-2/h17,20,26,29,73H,4-16,18-19,21-25,27-28,30-72H2,1-3H3/b20-17-,29-26-. The van der Waals surface area contributed by atoms with Crippen molar-refractivity contribution in [2.24, 2.45) is 0 Å². The Hall–Kier alpha value is -2.11. The van der Waals surface area contributed by atoms with E-state index in [-0.39, 0.29) is 31.1 Å². The molecule has 0 aromatic rings. The van der Waals surface area contributed by atoms with Crippen molar-refractivity contribution in [3.63, 3.8) is 0 Å². The van der Waals surface area contributed by atoms with Crippen LogP contribution in [0, 0.1) is 0 Å². The monoisotopic (exact) mass is 1150 g/mol. The van der Waals surface area contributed by atoms with Crippen molar-refractivity contribution in [1.29, 1.82) is 0 Å². The van der Waals surface area contributed by atoms with Crippen molar-refractivity contribution in [3.8, 4) is 0 Å². The minimum atomic E-state index is -0.771. The minimum absolute atomic E-state index is 0.0662. The van der Waals surface area contributed by atoms with E-state index >= 15 is 0 Å². The van der Waals surface area contributed by atoms with Gasteiger partial charge in [0.05, 0.1) is 0 Å². The van der Waals surface area contributed by atoms with E-state index in [2.05, 4.69) is 45.1 Å². The third kappa shape index (κ3) is 68.7. The Kier molecular flexibility index (Phi) is 69.5. The highest BCUT2D eigenvalue weighted by Crippen LogP contribution is 2.19. The van der Waals surface area contributed by atoms with Crippen molar-refractivity contribution < 1.29 is 28.6 Å². The van der Waals surface area contributed by atoms with Crippen LogP contribution in [0.1, 0.15) is 425 Å². The normalized spacial score (nSPS) is 12.1. The molecule has 484 valence electrons. The lowest BCUT2D eigenvalue weighted by atomic mass is 10.0. The molecule has 0 spiro atoms. The van der Waals surface area contributed by atoms with Gasteiger partial charge in [0, 0.05) is 19.3 Å². The van der Waals surface area contributed by atoms with Crippen molar-refractivity contribution in [2.75, 3.05) is 13.2 Å². The molecule has 0 fully saturated rings. The second kappa shape index (κ2) is 71.4. The molecule has 82 heavy (non-hydrogen) atoms. The average molecular weight is 1150 g/mol. The molecule has 0 aromatic carbocycles. The van der Waals surface area contributed by atoms with Crippen LogP contribution in [0.15, 0.2) is 24.3 Å². The van der Waals surface area contributed by atoms with Crippen LogP contribution in [0.3, 0.4) is 0 Å². The summed E-state index contributed by atoms with van der Waals surface area (Å²) in [5.74, 6) is -0.835. The maximum atomic E-state index is 13.0. The fourth-order valence-corrected chi connectivity index (χ4v) is 11.6. The second-order valence-corrected chi connectivity index (χ2v) is 25.6. The van der Waals surface area contributed by atoms with E-state index in [1.807, 2.05) is 0 Å². The first kappa shape index (κ1) is 79.9. The second-order valence-electron chi connectivity index (χ2n) is 25.6. The fraction of sp³-hybridized carbons (Fsp3) is 0.908. The van der Waals surface area contributed by atoms with E-state index in [1.54, 1.807) is 0 Å². The molecule has 0 bridgehead atoms. The topological polar surface area (TPSA) is 78.9 Å². The summed E-state index contributed by atoms with van der Waals surface area (Å²) in [6.45, 7) is 6.70. The Bertz CT molecular complexity index is 1320. The summed E-state index contributed by atoms with van der Waals surface area (Å²) < 4.78 is 17.0. The first-order valence-electron chi connectivity index (χ1n) is 37.3. The number of hydrogen-bond acceptors (Lipinski definition) is 6. The molecule has 0 radical (unpaired) electrons. The summed E-state index contributed by atoms with van der Waals surface area (Å²) in [5, 5.41) is 0. The summed E-state index contributed by atoms with van der Waals surface area (Å²) in [5.41, 5.74) is 0. The first-order chi connectivity index (χ1) is 40.5. The maximum absolute atomic E-state index is 13.0. The van der Waals surface area contributed by atoms with E-state index in [4.69, 9.17) is 14.2 Å². The molecule has 0 amide bonds. The van der Waals surface area contributed by atoms with E-state index in [0.717, 1.165) is 64.2 Å². The molecule has 0 aliphatic heterocycles. The van der Waals surface area contributed by atoms with Crippen LogP contribution in [0.25, 0.3) is 0 Å². The molecule has 0 saturated heterocycles. The first-order valence-corrected chi connectivity index (χ1v) is 37.3. The van der Waals surface area contributed by atoms with Gasteiger partial charge in [0.25, 0.3) is 0 Å². The zero-order chi connectivity index (χ0) is 59.2.